The van der Waals surface area contributed by atoms with E-state index < -0.39 is 0 Å². The van der Waals surface area contributed by atoms with Crippen LogP contribution >= 0.6 is 11.6 Å². The molecule has 0 spiro atoms. The van der Waals surface area contributed by atoms with Crippen LogP contribution in [0.3, 0.4) is 0 Å². The van der Waals surface area contributed by atoms with Gasteiger partial charge in [-0.1, -0.05) is 38.3 Å². The first-order valence-electron chi connectivity index (χ1n) is 10.9. The number of fused-ring (bicyclic) bond motifs is 1. The minimum Gasteiger partial charge on any atom is -0.381 e. The lowest BCUT2D eigenvalue weighted by Gasteiger charge is -2.37. The van der Waals surface area contributed by atoms with Gasteiger partial charge in [0, 0.05) is 43.0 Å². The highest BCUT2D eigenvalue weighted by Crippen LogP contribution is 2.43. The summed E-state index contributed by atoms with van der Waals surface area (Å²) in [5, 5.41) is 0.668. The van der Waals surface area contributed by atoms with E-state index in [1.54, 1.807) is 0 Å². The highest BCUT2D eigenvalue weighted by Gasteiger charge is 2.31. The molecule has 2 aromatic rings. The molecule has 4 heteroatoms. The van der Waals surface area contributed by atoms with Gasteiger partial charge in [0.1, 0.15) is 0 Å². The molecule has 0 unspecified atom stereocenters. The minimum absolute atomic E-state index is 0.239. The molecule has 0 radical (unpaired) electrons. The van der Waals surface area contributed by atoms with Crippen LogP contribution in [0.5, 0.6) is 0 Å². The first kappa shape index (κ1) is 20.0. The van der Waals surface area contributed by atoms with Crippen molar-refractivity contribution in [3.63, 3.8) is 0 Å². The molecule has 28 heavy (non-hydrogen) atoms. The fraction of sp³-hybridized carbons (Fsp3) is 0.625. The van der Waals surface area contributed by atoms with Crippen LogP contribution in [0.4, 0.5) is 0 Å². The number of hydrogen-bond acceptors (Lipinski definition) is 2. The van der Waals surface area contributed by atoms with E-state index in [-0.39, 0.29) is 5.78 Å². The average Bonchev–Trinajstić information content (AvgIpc) is 3.08. The summed E-state index contributed by atoms with van der Waals surface area (Å²) < 4.78 is 7.68. The third-order valence-corrected chi connectivity index (χ3v) is 7.29. The summed E-state index contributed by atoms with van der Waals surface area (Å²) in [5.41, 5.74) is 3.20. The van der Waals surface area contributed by atoms with E-state index in [0.29, 0.717) is 22.8 Å². The molecule has 1 saturated carbocycles. The van der Waals surface area contributed by atoms with E-state index in [4.69, 9.17) is 16.3 Å². The number of ketones is 1. The Morgan fingerprint density at radius 1 is 1.32 bits per heavy atom. The molecule has 1 saturated heterocycles. The molecule has 0 bridgehead atoms. The molecule has 152 valence electrons. The van der Waals surface area contributed by atoms with E-state index >= 15 is 0 Å². The van der Waals surface area contributed by atoms with Crippen molar-refractivity contribution >= 4 is 22.9 Å². The smallest absolute Gasteiger partial charge is 0.165 e. The van der Waals surface area contributed by atoms with E-state index in [1.165, 1.54) is 31.4 Å². The summed E-state index contributed by atoms with van der Waals surface area (Å²) in [7, 11) is 0. The Balaban J connectivity index is 1.59. The molecule has 4 rings (SSSR count). The Bertz CT molecular complexity index is 852. The zero-order valence-electron chi connectivity index (χ0n) is 17.2. The highest BCUT2D eigenvalue weighted by atomic mass is 35.5. The number of hydrogen-bond donors (Lipinski definition) is 0. The number of pyridine rings is 1. The predicted octanol–water partition coefficient (Wildman–Crippen LogP) is 6.67. The van der Waals surface area contributed by atoms with E-state index in [2.05, 4.69) is 24.3 Å². The third kappa shape index (κ3) is 4.02. The topological polar surface area (TPSA) is 30.7 Å². The maximum Gasteiger partial charge on any atom is 0.165 e. The van der Waals surface area contributed by atoms with Crippen LogP contribution in [0.1, 0.15) is 87.2 Å². The Hall–Kier alpha value is -1.32. The Morgan fingerprint density at radius 2 is 2.11 bits per heavy atom. The van der Waals surface area contributed by atoms with Crippen LogP contribution in [-0.2, 0) is 4.74 Å². The van der Waals surface area contributed by atoms with Crippen molar-refractivity contribution in [2.24, 2.45) is 11.3 Å². The van der Waals surface area contributed by atoms with Gasteiger partial charge >= 0.3 is 0 Å². The van der Waals surface area contributed by atoms with Crippen LogP contribution < -0.4 is 0 Å². The number of rotatable bonds is 5. The SMILES string of the molecule is C[C@@H]1CCC[C@](C)(CCC(=O)c2cc(C3CCOCC3)n3cccc(Cl)c23)C1. The second kappa shape index (κ2) is 8.20. The van der Waals surface area contributed by atoms with E-state index in [9.17, 15) is 4.79 Å². The maximum absolute atomic E-state index is 13.3. The van der Waals surface area contributed by atoms with Gasteiger partial charge in [-0.3, -0.25) is 4.79 Å². The van der Waals surface area contributed by atoms with Gasteiger partial charge in [0.25, 0.3) is 0 Å². The van der Waals surface area contributed by atoms with Crippen LogP contribution in [0.2, 0.25) is 5.02 Å². The van der Waals surface area contributed by atoms with E-state index in [1.807, 2.05) is 18.3 Å². The number of aromatic nitrogens is 1. The number of halogens is 1. The zero-order chi connectivity index (χ0) is 19.7. The number of nitrogens with zero attached hydrogens (tertiary/aromatic N) is 1. The van der Waals surface area contributed by atoms with Crippen molar-refractivity contribution in [1.82, 2.24) is 4.40 Å². The van der Waals surface area contributed by atoms with Crippen LogP contribution in [0, 0.1) is 11.3 Å². The third-order valence-electron chi connectivity index (χ3n) is 6.98. The Morgan fingerprint density at radius 3 is 2.86 bits per heavy atom. The average molecular weight is 402 g/mol. The zero-order valence-corrected chi connectivity index (χ0v) is 17.9. The molecule has 3 heterocycles. The maximum atomic E-state index is 13.3. The monoisotopic (exact) mass is 401 g/mol. The summed E-state index contributed by atoms with van der Waals surface area (Å²) in [4.78, 5) is 13.3. The summed E-state index contributed by atoms with van der Waals surface area (Å²) in [5.74, 6) is 1.44. The molecule has 0 amide bonds. The molecule has 1 aliphatic heterocycles. The van der Waals surface area contributed by atoms with Gasteiger partial charge in [-0.05, 0) is 61.6 Å². The fourth-order valence-corrected chi connectivity index (χ4v) is 5.73. The molecule has 0 N–H and O–H groups in total. The van der Waals surface area contributed by atoms with Gasteiger partial charge < -0.3 is 9.14 Å². The predicted molar refractivity (Wildman–Crippen MR) is 115 cm³/mol. The fourth-order valence-electron chi connectivity index (χ4n) is 5.46. The highest BCUT2D eigenvalue weighted by molar-refractivity contribution is 6.35. The lowest BCUT2D eigenvalue weighted by molar-refractivity contribution is 0.0843. The minimum atomic E-state index is 0.239. The summed E-state index contributed by atoms with van der Waals surface area (Å²) >= 11 is 6.56. The van der Waals surface area contributed by atoms with Crippen molar-refractivity contribution in [3.05, 3.63) is 40.7 Å². The van der Waals surface area contributed by atoms with Gasteiger partial charge in [0.2, 0.25) is 0 Å². The number of carbonyl (C=O) groups is 1. The summed E-state index contributed by atoms with van der Waals surface area (Å²) in [6.45, 7) is 6.30. The summed E-state index contributed by atoms with van der Waals surface area (Å²) in [6, 6.07) is 5.98. The number of Topliss-reactive ketones (excluding diaryl/α,β-unsaturated/α-hetero) is 1. The van der Waals surface area contributed by atoms with Crippen LogP contribution in [-0.4, -0.2) is 23.4 Å². The molecule has 2 fully saturated rings. The van der Waals surface area contributed by atoms with Gasteiger partial charge in [0.05, 0.1) is 10.5 Å². The van der Waals surface area contributed by atoms with E-state index in [0.717, 1.165) is 49.5 Å². The van der Waals surface area contributed by atoms with Crippen molar-refractivity contribution in [2.45, 2.75) is 71.1 Å². The lowest BCUT2D eigenvalue weighted by atomic mass is 9.69. The van der Waals surface area contributed by atoms with Crippen LogP contribution in [0.15, 0.2) is 24.4 Å². The van der Waals surface area contributed by atoms with Gasteiger partial charge in [-0.2, -0.15) is 0 Å². The second-order valence-corrected chi connectivity index (χ2v) is 9.79. The molecule has 2 aromatic heterocycles. The normalized spacial score (nSPS) is 26.6. The largest absolute Gasteiger partial charge is 0.381 e. The van der Waals surface area contributed by atoms with Gasteiger partial charge in [-0.15, -0.1) is 0 Å². The number of carbonyl (C=O) groups excluding carboxylic acids is 1. The second-order valence-electron chi connectivity index (χ2n) is 9.38. The van der Waals surface area contributed by atoms with Gasteiger partial charge in [0.15, 0.2) is 5.78 Å². The standard InChI is InChI=1S/C24H32ClNO2/c1-17-5-3-10-24(2,16-17)11-7-22(27)19-15-21(18-8-13-28-14-9-18)26-12-4-6-20(25)23(19)26/h4,6,12,15,17-18H,3,5,7-11,13-14,16H2,1-2H3/t17-,24-/m1/s1. The van der Waals surface area contributed by atoms with Crippen molar-refractivity contribution < 1.29 is 9.53 Å². The Kier molecular flexibility index (Phi) is 5.85. The molecule has 1 aliphatic carbocycles. The molecule has 3 nitrogen and oxygen atoms in total. The molecule has 0 aromatic carbocycles. The lowest BCUT2D eigenvalue weighted by Crippen LogP contribution is -2.25. The molecule has 2 aliphatic rings. The summed E-state index contributed by atoms with van der Waals surface area (Å²) in [6.07, 6.45) is 10.8. The van der Waals surface area contributed by atoms with Crippen LogP contribution in [0.25, 0.3) is 5.52 Å². The molecule has 2 atom stereocenters. The molecular formula is C24H32ClNO2. The van der Waals surface area contributed by atoms with Crippen molar-refractivity contribution in [1.29, 1.82) is 0 Å². The van der Waals surface area contributed by atoms with Gasteiger partial charge in [-0.25, -0.2) is 0 Å². The van der Waals surface area contributed by atoms with Crippen molar-refractivity contribution in [3.8, 4) is 0 Å². The quantitative estimate of drug-likeness (QED) is 0.524. The molecular weight excluding hydrogens is 370 g/mol. The number of ether oxygens (including phenoxy) is 1. The van der Waals surface area contributed by atoms with Crippen molar-refractivity contribution in [2.75, 3.05) is 13.2 Å². The Labute approximate surface area is 173 Å². The first-order valence-corrected chi connectivity index (χ1v) is 11.2. The first-order chi connectivity index (χ1) is 13.5.